The van der Waals surface area contributed by atoms with E-state index < -0.39 is 0 Å². The lowest BCUT2D eigenvalue weighted by Gasteiger charge is -2.45. The maximum atomic E-state index is 4.91. The molecule has 3 nitrogen and oxygen atoms in total. The zero-order valence-corrected chi connectivity index (χ0v) is 12.4. The highest BCUT2D eigenvalue weighted by Crippen LogP contribution is 2.29. The van der Waals surface area contributed by atoms with Crippen molar-refractivity contribution in [2.75, 3.05) is 25.4 Å². The summed E-state index contributed by atoms with van der Waals surface area (Å²) in [6.45, 7) is 8.44. The van der Waals surface area contributed by atoms with Crippen LogP contribution in [0, 0.1) is 11.8 Å². The van der Waals surface area contributed by atoms with Crippen molar-refractivity contribution in [3.8, 4) is 0 Å². The Morgan fingerprint density at radius 2 is 2.06 bits per heavy atom. The quantitative estimate of drug-likeness (QED) is 0.831. The number of nitrogens with zero attached hydrogens (tertiary/aromatic N) is 2. The molecule has 4 aliphatic heterocycles. The molecule has 3 saturated heterocycles. The Morgan fingerprint density at radius 3 is 2.67 bits per heavy atom. The first-order valence-electron chi connectivity index (χ1n) is 7.42. The van der Waals surface area contributed by atoms with Crippen LogP contribution in [0.3, 0.4) is 0 Å². The Morgan fingerprint density at radius 1 is 1.28 bits per heavy atom. The number of hydrogen-bond acceptors (Lipinski definition) is 4. The van der Waals surface area contributed by atoms with Gasteiger partial charge in [-0.2, -0.15) is 0 Å². The Labute approximate surface area is 115 Å². The topological polar surface area (TPSA) is 27.6 Å². The molecule has 2 unspecified atom stereocenters. The van der Waals surface area contributed by atoms with Crippen LogP contribution >= 0.6 is 11.8 Å². The van der Waals surface area contributed by atoms with Gasteiger partial charge in [-0.1, -0.05) is 25.6 Å². The molecule has 0 radical (unpaired) electrons. The molecule has 0 aromatic carbocycles. The highest BCUT2D eigenvalue weighted by molar-refractivity contribution is 8.13. The number of rotatable bonds is 2. The Balaban J connectivity index is 1.62. The van der Waals surface area contributed by atoms with Gasteiger partial charge in [-0.25, -0.2) is 0 Å². The van der Waals surface area contributed by atoms with Crippen LogP contribution in [0.25, 0.3) is 0 Å². The summed E-state index contributed by atoms with van der Waals surface area (Å²) < 4.78 is 0. The molecule has 3 fully saturated rings. The maximum absolute atomic E-state index is 4.91. The van der Waals surface area contributed by atoms with Crippen molar-refractivity contribution in [1.82, 2.24) is 10.2 Å². The molecule has 0 aromatic rings. The molecule has 2 bridgehead atoms. The van der Waals surface area contributed by atoms with Gasteiger partial charge in [0, 0.05) is 18.3 Å². The lowest BCUT2D eigenvalue weighted by Crippen LogP contribution is -2.57. The summed E-state index contributed by atoms with van der Waals surface area (Å²) in [6, 6.07) is 1.19. The van der Waals surface area contributed by atoms with Crippen molar-refractivity contribution < 1.29 is 0 Å². The van der Waals surface area contributed by atoms with E-state index in [1.54, 1.807) is 0 Å². The fraction of sp³-hybridized carbons (Fsp3) is 0.929. The lowest BCUT2D eigenvalue weighted by atomic mass is 9.84. The van der Waals surface area contributed by atoms with E-state index in [1.807, 2.05) is 11.8 Å². The number of piperidine rings is 3. The van der Waals surface area contributed by atoms with Gasteiger partial charge in [-0.3, -0.25) is 4.99 Å². The highest BCUT2D eigenvalue weighted by atomic mass is 32.2. The van der Waals surface area contributed by atoms with Gasteiger partial charge in [0.2, 0.25) is 0 Å². The van der Waals surface area contributed by atoms with Gasteiger partial charge in [0.25, 0.3) is 0 Å². The fourth-order valence-corrected chi connectivity index (χ4v) is 4.37. The van der Waals surface area contributed by atoms with E-state index in [1.165, 1.54) is 49.8 Å². The summed E-state index contributed by atoms with van der Waals surface area (Å²) in [5.41, 5.74) is 0. The normalized spacial score (nSPS) is 39.8. The van der Waals surface area contributed by atoms with Gasteiger partial charge in [-0.05, 0) is 44.2 Å². The Bertz CT molecular complexity index is 321. The summed E-state index contributed by atoms with van der Waals surface area (Å²) in [5, 5.41) is 4.97. The summed E-state index contributed by atoms with van der Waals surface area (Å²) in [4.78, 5) is 7.51. The predicted molar refractivity (Wildman–Crippen MR) is 79.2 cm³/mol. The third-order valence-electron chi connectivity index (χ3n) is 4.67. The zero-order chi connectivity index (χ0) is 12.5. The second kappa shape index (κ2) is 5.41. The summed E-state index contributed by atoms with van der Waals surface area (Å²) >= 11 is 1.93. The fourth-order valence-electron chi connectivity index (χ4n) is 3.38. The Hall–Kier alpha value is -0.220. The van der Waals surface area contributed by atoms with E-state index in [9.17, 15) is 0 Å². The van der Waals surface area contributed by atoms with Crippen LogP contribution in [-0.2, 0) is 0 Å². The summed E-state index contributed by atoms with van der Waals surface area (Å²) in [6.07, 6.45) is 4.00. The molecule has 4 rings (SSSR count). The molecule has 0 spiro atoms. The van der Waals surface area contributed by atoms with Gasteiger partial charge >= 0.3 is 0 Å². The molecule has 0 saturated carbocycles. The van der Waals surface area contributed by atoms with E-state index in [2.05, 4.69) is 24.1 Å². The summed E-state index contributed by atoms with van der Waals surface area (Å²) in [5.74, 6) is 2.79. The maximum Gasteiger partial charge on any atom is 0.157 e. The van der Waals surface area contributed by atoms with Gasteiger partial charge in [0.1, 0.15) is 0 Å². The first-order valence-corrected chi connectivity index (χ1v) is 8.40. The van der Waals surface area contributed by atoms with Crippen LogP contribution < -0.4 is 5.32 Å². The molecular weight excluding hydrogens is 242 g/mol. The van der Waals surface area contributed by atoms with Crippen LogP contribution in [0.5, 0.6) is 0 Å². The molecule has 2 atom stereocenters. The second-order valence-electron chi connectivity index (χ2n) is 6.27. The predicted octanol–water partition coefficient (Wildman–Crippen LogP) is 2.19. The molecule has 4 aliphatic rings. The number of thioether (sulfide) groups is 1. The number of amidine groups is 1. The van der Waals surface area contributed by atoms with Crippen LogP contribution in [0.4, 0.5) is 0 Å². The number of nitrogens with one attached hydrogen (secondary N) is 1. The molecule has 102 valence electrons. The van der Waals surface area contributed by atoms with Gasteiger partial charge in [-0.15, -0.1) is 0 Å². The SMILES string of the molecule is CC(C)C1CCSC(NC2CN3CCC2CC3)=N1. The molecule has 0 aliphatic carbocycles. The minimum Gasteiger partial charge on any atom is -0.361 e. The van der Waals surface area contributed by atoms with E-state index in [4.69, 9.17) is 4.99 Å². The standard InChI is InChI=1S/C14H25N3S/c1-10(2)12-5-8-18-14(15-12)16-13-9-17-6-3-11(13)4-7-17/h10-13H,3-9H2,1-2H3,(H,15,16). The van der Waals surface area contributed by atoms with E-state index in [0.29, 0.717) is 18.0 Å². The number of fused-ring (bicyclic) bond motifs is 3. The second-order valence-corrected chi connectivity index (χ2v) is 7.36. The lowest BCUT2D eigenvalue weighted by molar-refractivity contribution is 0.0815. The molecular formula is C14H25N3S. The summed E-state index contributed by atoms with van der Waals surface area (Å²) in [7, 11) is 0. The molecule has 0 aromatic heterocycles. The van der Waals surface area contributed by atoms with Crippen LogP contribution in [-0.4, -0.2) is 47.5 Å². The average Bonchev–Trinajstić information content (AvgIpc) is 2.40. The van der Waals surface area contributed by atoms with Crippen LogP contribution in [0.1, 0.15) is 33.1 Å². The highest BCUT2D eigenvalue weighted by Gasteiger charge is 2.35. The van der Waals surface area contributed by atoms with Crippen molar-refractivity contribution >= 4 is 16.9 Å². The van der Waals surface area contributed by atoms with Crippen molar-refractivity contribution in [3.05, 3.63) is 0 Å². The van der Waals surface area contributed by atoms with Crippen molar-refractivity contribution in [3.63, 3.8) is 0 Å². The smallest absolute Gasteiger partial charge is 0.157 e. The van der Waals surface area contributed by atoms with Gasteiger partial charge in [0.15, 0.2) is 5.17 Å². The first kappa shape index (κ1) is 12.8. The number of aliphatic imine (C=N–C) groups is 1. The zero-order valence-electron chi connectivity index (χ0n) is 11.6. The number of hydrogen-bond donors (Lipinski definition) is 1. The minimum atomic E-state index is 0.537. The van der Waals surface area contributed by atoms with Gasteiger partial charge < -0.3 is 10.2 Å². The Kier molecular flexibility index (Phi) is 3.85. The van der Waals surface area contributed by atoms with Gasteiger partial charge in [0.05, 0.1) is 6.04 Å². The van der Waals surface area contributed by atoms with Crippen LogP contribution in [0.15, 0.2) is 4.99 Å². The molecule has 0 amide bonds. The monoisotopic (exact) mass is 267 g/mol. The van der Waals surface area contributed by atoms with Crippen molar-refractivity contribution in [1.29, 1.82) is 0 Å². The largest absolute Gasteiger partial charge is 0.361 e. The van der Waals surface area contributed by atoms with E-state index >= 15 is 0 Å². The average molecular weight is 267 g/mol. The molecule has 4 heterocycles. The van der Waals surface area contributed by atoms with Crippen LogP contribution in [0.2, 0.25) is 0 Å². The van der Waals surface area contributed by atoms with E-state index in [-0.39, 0.29) is 0 Å². The molecule has 4 heteroatoms. The first-order chi connectivity index (χ1) is 8.72. The molecule has 1 N–H and O–H groups in total. The van der Waals surface area contributed by atoms with E-state index in [0.717, 1.165) is 5.92 Å². The van der Waals surface area contributed by atoms with Crippen molar-refractivity contribution in [2.24, 2.45) is 16.8 Å². The molecule has 18 heavy (non-hydrogen) atoms. The minimum absolute atomic E-state index is 0.537. The third kappa shape index (κ3) is 2.69. The van der Waals surface area contributed by atoms with Crippen molar-refractivity contribution in [2.45, 2.75) is 45.2 Å². The third-order valence-corrected chi connectivity index (χ3v) is 5.61.